The highest BCUT2D eigenvalue weighted by Crippen LogP contribution is 2.40. The van der Waals surface area contributed by atoms with Crippen molar-refractivity contribution in [3.05, 3.63) is 59.4 Å². The van der Waals surface area contributed by atoms with Crippen LogP contribution in [0.4, 0.5) is 43.7 Å². The second-order valence-electron chi connectivity index (χ2n) is 11.7. The number of benzene rings is 1. The van der Waals surface area contributed by atoms with Crippen LogP contribution in [0.1, 0.15) is 36.7 Å². The van der Waals surface area contributed by atoms with Crippen molar-refractivity contribution in [2.24, 2.45) is 7.05 Å². The molecule has 0 aliphatic carbocycles. The van der Waals surface area contributed by atoms with Gasteiger partial charge in [-0.15, -0.1) is 4.39 Å². The van der Waals surface area contributed by atoms with Crippen LogP contribution < -0.4 is 19.7 Å². The first-order chi connectivity index (χ1) is 22.6. The Kier molecular flexibility index (Phi) is 11.1. The summed E-state index contributed by atoms with van der Waals surface area (Å²) in [7, 11) is 3.04. The average Bonchev–Trinajstić information content (AvgIpc) is 3.02. The van der Waals surface area contributed by atoms with E-state index >= 15 is 8.78 Å². The number of pyridine rings is 1. The molecule has 5 rings (SSSR count). The van der Waals surface area contributed by atoms with E-state index in [1.807, 2.05) is 32.7 Å². The van der Waals surface area contributed by atoms with E-state index in [0.29, 0.717) is 49.5 Å². The quantitative estimate of drug-likeness (QED) is 0.177. The lowest BCUT2D eigenvalue weighted by atomic mass is 10.0. The molecule has 2 saturated heterocycles. The third-order valence-electron chi connectivity index (χ3n) is 8.35. The lowest BCUT2D eigenvalue weighted by molar-refractivity contribution is -0.700. The van der Waals surface area contributed by atoms with Gasteiger partial charge in [-0.3, -0.25) is 14.5 Å². The molecule has 48 heavy (non-hydrogen) atoms. The number of carboxylic acid groups (broad SMARTS) is 1. The first kappa shape index (κ1) is 36.3. The fourth-order valence-corrected chi connectivity index (χ4v) is 5.67. The third-order valence-corrected chi connectivity index (χ3v) is 8.35. The Labute approximate surface area is 272 Å². The lowest BCUT2D eigenvalue weighted by Gasteiger charge is -2.44. The molecular weight excluding hydrogens is 648 g/mol. The average molecular weight is 685 g/mol. The van der Waals surface area contributed by atoms with Crippen LogP contribution in [0.5, 0.6) is 0 Å². The maximum absolute atomic E-state index is 16.5. The van der Waals surface area contributed by atoms with Crippen LogP contribution in [-0.2, 0) is 22.8 Å². The molecule has 2 fully saturated rings. The standard InChI is InChI=1S/C30H33F6N7O2.CH2O2/c1-16-12-43(13-17(2)41(16)5)23-9-22(31)25(19-10-37-29(38-11-19)42-6-7-45-18(3)14-42)26(33)27(23)39-28(44)20-15-40(4)24(32)8-21(20)30(34,35)36;2-1-3/h8-11,15-18H,6-7,12-14H2,1-5H3;1H,(H,2,3)/p+1/t16-,17+,18-;/m1./s1. The number of nitrogens with one attached hydrogen (secondary N) is 1. The predicted molar refractivity (Wildman–Crippen MR) is 163 cm³/mol. The second kappa shape index (κ2) is 14.7. The number of ether oxygens (including phenoxy) is 1. The van der Waals surface area contributed by atoms with E-state index < -0.39 is 52.0 Å². The molecule has 2 aromatic heterocycles. The Morgan fingerprint density at radius 2 is 1.67 bits per heavy atom. The van der Waals surface area contributed by atoms with E-state index in [1.165, 1.54) is 12.4 Å². The van der Waals surface area contributed by atoms with Gasteiger partial charge in [0.05, 0.1) is 35.6 Å². The number of aryl methyl sites for hydroxylation is 1. The number of halogens is 6. The maximum Gasteiger partial charge on any atom is 0.417 e. The van der Waals surface area contributed by atoms with Gasteiger partial charge in [-0.05, 0) is 27.8 Å². The molecule has 0 unspecified atom stereocenters. The largest absolute Gasteiger partial charge is 0.483 e. The molecule has 0 radical (unpaired) electrons. The van der Waals surface area contributed by atoms with E-state index in [2.05, 4.69) is 20.2 Å². The highest BCUT2D eigenvalue weighted by Gasteiger charge is 2.39. The summed E-state index contributed by atoms with van der Waals surface area (Å²) >= 11 is 0. The van der Waals surface area contributed by atoms with Gasteiger partial charge in [0.2, 0.25) is 5.95 Å². The Morgan fingerprint density at radius 1 is 1.06 bits per heavy atom. The SMILES string of the molecule is C[C@@H]1CN(c2ncc(-c3c(F)cc(N4C[C@@H](C)N(C)[C@@H](C)C4)c(NC(=O)c4c[n+](C)c(F)cc4C(F)(F)F)c3F)cn2)CCO1.O=CO. The van der Waals surface area contributed by atoms with E-state index in [0.717, 1.165) is 13.1 Å². The van der Waals surface area contributed by atoms with Crippen LogP contribution in [0.2, 0.25) is 0 Å². The minimum atomic E-state index is -5.09. The molecule has 0 saturated carbocycles. The van der Waals surface area contributed by atoms with Crippen molar-refractivity contribution in [2.45, 2.75) is 45.1 Å². The number of alkyl halides is 3. The molecule has 3 atom stereocenters. The molecule has 260 valence electrons. The zero-order valence-corrected chi connectivity index (χ0v) is 26.9. The summed E-state index contributed by atoms with van der Waals surface area (Å²) in [5, 5.41) is 9.15. The number of rotatable bonds is 5. The molecule has 11 nitrogen and oxygen atoms in total. The predicted octanol–water partition coefficient (Wildman–Crippen LogP) is 4.11. The molecule has 1 amide bonds. The van der Waals surface area contributed by atoms with E-state index in [4.69, 9.17) is 14.6 Å². The monoisotopic (exact) mass is 684 g/mol. The summed E-state index contributed by atoms with van der Waals surface area (Å²) in [6.45, 7) is 7.64. The number of hydrogen-bond donors (Lipinski definition) is 2. The second-order valence-corrected chi connectivity index (χ2v) is 11.7. The third kappa shape index (κ3) is 7.78. The fourth-order valence-electron chi connectivity index (χ4n) is 5.67. The van der Waals surface area contributed by atoms with Crippen molar-refractivity contribution in [2.75, 3.05) is 55.0 Å². The molecule has 17 heteroatoms. The van der Waals surface area contributed by atoms with Gasteiger partial charge >= 0.3 is 12.1 Å². The molecule has 2 aliphatic rings. The van der Waals surface area contributed by atoms with E-state index in [9.17, 15) is 22.4 Å². The molecule has 1 aromatic carbocycles. The van der Waals surface area contributed by atoms with Gasteiger partial charge < -0.3 is 25.0 Å². The van der Waals surface area contributed by atoms with Crippen LogP contribution in [0.25, 0.3) is 11.1 Å². The van der Waals surface area contributed by atoms with E-state index in [1.54, 1.807) is 4.90 Å². The molecule has 0 bridgehead atoms. The summed E-state index contributed by atoms with van der Waals surface area (Å²) in [4.78, 5) is 36.0. The molecule has 3 aromatic rings. The van der Waals surface area contributed by atoms with Gasteiger partial charge in [-0.1, -0.05) is 0 Å². The van der Waals surface area contributed by atoms with Gasteiger partial charge in [-0.25, -0.2) is 18.7 Å². The van der Waals surface area contributed by atoms with Crippen molar-refractivity contribution in [3.8, 4) is 11.1 Å². The summed E-state index contributed by atoms with van der Waals surface area (Å²) in [5.41, 5.74) is -3.65. The number of aromatic nitrogens is 3. The van der Waals surface area contributed by atoms with Crippen LogP contribution in [0.15, 0.2) is 30.7 Å². The fraction of sp³-hybridized carbons (Fsp3) is 0.452. The zero-order chi connectivity index (χ0) is 35.5. The van der Waals surface area contributed by atoms with Gasteiger partial charge in [0.1, 0.15) is 24.1 Å². The van der Waals surface area contributed by atoms with Crippen molar-refractivity contribution in [1.82, 2.24) is 14.9 Å². The maximum atomic E-state index is 16.5. The van der Waals surface area contributed by atoms with Crippen LogP contribution >= 0.6 is 0 Å². The Bertz CT molecular complexity index is 1630. The van der Waals surface area contributed by atoms with Crippen molar-refractivity contribution in [3.63, 3.8) is 0 Å². The molecule has 0 spiro atoms. The van der Waals surface area contributed by atoms with Gasteiger partial charge in [0.25, 0.3) is 12.4 Å². The van der Waals surface area contributed by atoms with Crippen LogP contribution in [0, 0.1) is 17.6 Å². The summed E-state index contributed by atoms with van der Waals surface area (Å²) < 4.78 is 94.2. The number of carbonyl (C=O) groups is 2. The highest BCUT2D eigenvalue weighted by molar-refractivity contribution is 6.07. The molecule has 2 aliphatic heterocycles. The van der Waals surface area contributed by atoms with Crippen molar-refractivity contribution < 1.29 is 50.3 Å². The van der Waals surface area contributed by atoms with Crippen molar-refractivity contribution in [1.29, 1.82) is 0 Å². The van der Waals surface area contributed by atoms with Gasteiger partial charge in [0, 0.05) is 62.3 Å². The van der Waals surface area contributed by atoms with Crippen LogP contribution in [0.3, 0.4) is 0 Å². The number of carbonyl (C=O) groups excluding carboxylic acids is 1. The number of hydrogen-bond acceptors (Lipinski definition) is 8. The number of amides is 1. The number of anilines is 3. The van der Waals surface area contributed by atoms with Crippen LogP contribution in [-0.4, -0.2) is 90.4 Å². The minimum Gasteiger partial charge on any atom is -0.483 e. The van der Waals surface area contributed by atoms with E-state index in [-0.39, 0.29) is 42.0 Å². The van der Waals surface area contributed by atoms with Crippen molar-refractivity contribution >= 4 is 29.7 Å². The van der Waals surface area contributed by atoms with Gasteiger partial charge in [-0.2, -0.15) is 17.7 Å². The normalized spacial score (nSPS) is 20.2. The number of morpholine rings is 1. The molecular formula is C31H36F6N7O4+. The number of likely N-dealkylation sites (N-methyl/N-ethyl adjacent to an activating group) is 1. The molecule has 4 heterocycles. The topological polar surface area (TPSA) is 115 Å². The van der Waals surface area contributed by atoms with Gasteiger partial charge in [0.15, 0.2) is 12.0 Å². The first-order valence-electron chi connectivity index (χ1n) is 14.9. The summed E-state index contributed by atoms with van der Waals surface area (Å²) in [5.74, 6) is -4.43. The number of nitrogens with zero attached hydrogens (tertiary/aromatic N) is 6. The minimum absolute atomic E-state index is 0.0404. The molecule has 2 N–H and O–H groups in total. The zero-order valence-electron chi connectivity index (χ0n) is 26.9. The summed E-state index contributed by atoms with van der Waals surface area (Å²) in [6.07, 6.45) is -1.98. The Balaban J connectivity index is 0.00000167. The first-order valence-corrected chi connectivity index (χ1v) is 14.9. The smallest absolute Gasteiger partial charge is 0.417 e. The summed E-state index contributed by atoms with van der Waals surface area (Å²) in [6, 6.07) is 1.13. The highest BCUT2D eigenvalue weighted by atomic mass is 19.4. The Hall–Kier alpha value is -4.51. The number of piperazine rings is 1. The lowest BCUT2D eigenvalue weighted by Crippen LogP contribution is -2.55. The Morgan fingerprint density at radius 3 is 2.23 bits per heavy atom.